The molecule has 0 fully saturated rings. The van der Waals surface area contributed by atoms with Gasteiger partial charge in [-0.25, -0.2) is 4.98 Å². The highest BCUT2D eigenvalue weighted by molar-refractivity contribution is 7.99. The van der Waals surface area contributed by atoms with E-state index in [0.717, 1.165) is 22.4 Å². The van der Waals surface area contributed by atoms with Gasteiger partial charge >= 0.3 is 0 Å². The van der Waals surface area contributed by atoms with Crippen LogP contribution in [0.1, 0.15) is 0 Å². The van der Waals surface area contributed by atoms with Gasteiger partial charge in [-0.2, -0.15) is 0 Å². The highest BCUT2D eigenvalue weighted by Gasteiger charge is 2.21. The van der Waals surface area contributed by atoms with E-state index in [1.165, 1.54) is 0 Å². The Morgan fingerprint density at radius 1 is 1.39 bits per heavy atom. The van der Waals surface area contributed by atoms with E-state index in [0.29, 0.717) is 6.61 Å². The molecule has 94 valence electrons. The Balaban J connectivity index is 1.61. The molecule has 1 aromatic carbocycles. The monoisotopic (exact) mass is 262 g/mol. The molecule has 0 amide bonds. The van der Waals surface area contributed by atoms with Crippen molar-refractivity contribution in [2.75, 3.05) is 12.4 Å². The van der Waals surface area contributed by atoms with Crippen molar-refractivity contribution in [2.45, 2.75) is 11.3 Å². The highest BCUT2D eigenvalue weighted by atomic mass is 32.2. The van der Waals surface area contributed by atoms with Crippen LogP contribution in [0.3, 0.4) is 0 Å². The lowest BCUT2D eigenvalue weighted by Crippen LogP contribution is -2.31. The molecule has 0 saturated carbocycles. The van der Waals surface area contributed by atoms with E-state index in [1.54, 1.807) is 18.0 Å². The molecule has 0 aliphatic carbocycles. The average Bonchev–Trinajstić information content (AvgIpc) is 2.82. The van der Waals surface area contributed by atoms with Crippen LogP contribution < -0.4 is 9.47 Å². The number of nitrogens with zero attached hydrogens (tertiary/aromatic N) is 2. The summed E-state index contributed by atoms with van der Waals surface area (Å²) < 4.78 is 13.6. The molecular weight excluding hydrogens is 248 g/mol. The van der Waals surface area contributed by atoms with Crippen LogP contribution in [-0.4, -0.2) is 28.0 Å². The minimum absolute atomic E-state index is 0.0709. The summed E-state index contributed by atoms with van der Waals surface area (Å²) in [7, 11) is 1.99. The first-order valence-electron chi connectivity index (χ1n) is 5.81. The molecule has 4 nitrogen and oxygen atoms in total. The standard InChI is InChI=1S/C13H14N2O2S/c1-15-7-6-14-13(15)18-9-10-8-16-11-4-2-3-5-12(11)17-10/h2-7,10H,8-9H2,1H3. The zero-order chi connectivity index (χ0) is 12.4. The fraction of sp³-hybridized carbons (Fsp3) is 0.308. The van der Waals surface area contributed by atoms with Crippen LogP contribution in [0.25, 0.3) is 0 Å². The van der Waals surface area contributed by atoms with Crippen LogP contribution in [0.5, 0.6) is 11.5 Å². The zero-order valence-electron chi connectivity index (χ0n) is 10.1. The first-order chi connectivity index (χ1) is 8.83. The topological polar surface area (TPSA) is 36.3 Å². The van der Waals surface area contributed by atoms with E-state index >= 15 is 0 Å². The third-order valence-corrected chi connectivity index (χ3v) is 3.93. The molecule has 1 atom stereocenters. The lowest BCUT2D eigenvalue weighted by molar-refractivity contribution is 0.107. The highest BCUT2D eigenvalue weighted by Crippen LogP contribution is 2.32. The fourth-order valence-electron chi connectivity index (χ4n) is 1.80. The van der Waals surface area contributed by atoms with E-state index in [1.807, 2.05) is 42.1 Å². The Morgan fingerprint density at radius 2 is 2.22 bits per heavy atom. The van der Waals surface area contributed by atoms with Crippen LogP contribution in [0, 0.1) is 0 Å². The van der Waals surface area contributed by atoms with E-state index < -0.39 is 0 Å². The first-order valence-corrected chi connectivity index (χ1v) is 6.80. The molecular formula is C13H14N2O2S. The maximum absolute atomic E-state index is 5.89. The van der Waals surface area contributed by atoms with Crippen molar-refractivity contribution >= 4 is 11.8 Å². The van der Waals surface area contributed by atoms with Gasteiger partial charge in [0.2, 0.25) is 0 Å². The smallest absolute Gasteiger partial charge is 0.167 e. The Kier molecular flexibility index (Phi) is 3.15. The minimum atomic E-state index is 0.0709. The summed E-state index contributed by atoms with van der Waals surface area (Å²) in [5.74, 6) is 2.49. The van der Waals surface area contributed by atoms with E-state index in [-0.39, 0.29) is 6.10 Å². The van der Waals surface area contributed by atoms with E-state index in [9.17, 15) is 0 Å². The van der Waals surface area contributed by atoms with Crippen LogP contribution in [0.2, 0.25) is 0 Å². The number of para-hydroxylation sites is 2. The molecule has 0 saturated heterocycles. The molecule has 0 bridgehead atoms. The van der Waals surface area contributed by atoms with Crippen LogP contribution in [-0.2, 0) is 7.05 Å². The second-order valence-electron chi connectivity index (χ2n) is 4.13. The van der Waals surface area contributed by atoms with Gasteiger partial charge in [-0.15, -0.1) is 0 Å². The Bertz CT molecular complexity index is 541. The van der Waals surface area contributed by atoms with Crippen molar-refractivity contribution in [2.24, 2.45) is 7.05 Å². The molecule has 1 aromatic heterocycles. The third kappa shape index (κ3) is 2.31. The van der Waals surface area contributed by atoms with Crippen LogP contribution in [0.15, 0.2) is 41.8 Å². The number of benzene rings is 1. The van der Waals surface area contributed by atoms with Crippen molar-refractivity contribution in [3.63, 3.8) is 0 Å². The molecule has 2 heterocycles. The second-order valence-corrected chi connectivity index (χ2v) is 5.12. The minimum Gasteiger partial charge on any atom is -0.486 e. The van der Waals surface area contributed by atoms with Crippen molar-refractivity contribution in [1.29, 1.82) is 0 Å². The number of hydrogen-bond acceptors (Lipinski definition) is 4. The van der Waals surface area contributed by atoms with Gasteiger partial charge in [0.15, 0.2) is 16.7 Å². The third-order valence-electron chi connectivity index (χ3n) is 2.74. The number of hydrogen-bond donors (Lipinski definition) is 0. The molecule has 0 spiro atoms. The number of aryl methyl sites for hydroxylation is 1. The van der Waals surface area contributed by atoms with Gasteiger partial charge in [-0.05, 0) is 12.1 Å². The van der Waals surface area contributed by atoms with Crippen molar-refractivity contribution in [3.05, 3.63) is 36.7 Å². The van der Waals surface area contributed by atoms with Gasteiger partial charge < -0.3 is 14.0 Å². The van der Waals surface area contributed by atoms with E-state index in [4.69, 9.17) is 9.47 Å². The summed E-state index contributed by atoms with van der Waals surface area (Å²) in [6.07, 6.45) is 3.81. The van der Waals surface area contributed by atoms with Gasteiger partial charge in [-0.3, -0.25) is 0 Å². The number of ether oxygens (including phenoxy) is 2. The maximum Gasteiger partial charge on any atom is 0.167 e. The predicted molar refractivity (Wildman–Crippen MR) is 70.3 cm³/mol. The molecule has 1 unspecified atom stereocenters. The Hall–Kier alpha value is -1.62. The summed E-state index contributed by atoms with van der Waals surface area (Å²) in [5.41, 5.74) is 0. The molecule has 3 rings (SSSR count). The lowest BCUT2D eigenvalue weighted by atomic mass is 10.3. The van der Waals surface area contributed by atoms with Gasteiger partial charge in [0.05, 0.1) is 0 Å². The Morgan fingerprint density at radius 3 is 3.00 bits per heavy atom. The summed E-state index contributed by atoms with van der Waals surface area (Å²) in [5, 5.41) is 0.998. The molecule has 5 heteroatoms. The molecule has 2 aromatic rings. The predicted octanol–water partition coefficient (Wildman–Crippen LogP) is 2.35. The quantitative estimate of drug-likeness (QED) is 0.796. The maximum atomic E-state index is 5.89. The number of thioether (sulfide) groups is 1. The molecule has 1 aliphatic rings. The average molecular weight is 262 g/mol. The van der Waals surface area contributed by atoms with Gasteiger partial charge in [0.25, 0.3) is 0 Å². The normalized spacial score (nSPS) is 17.7. The van der Waals surface area contributed by atoms with Gasteiger partial charge in [0, 0.05) is 25.2 Å². The molecule has 18 heavy (non-hydrogen) atoms. The second kappa shape index (κ2) is 4.94. The first kappa shape index (κ1) is 11.5. The Labute approximate surface area is 110 Å². The van der Waals surface area contributed by atoms with Crippen LogP contribution >= 0.6 is 11.8 Å². The van der Waals surface area contributed by atoms with Crippen LogP contribution in [0.4, 0.5) is 0 Å². The van der Waals surface area contributed by atoms with Crippen molar-refractivity contribution in [1.82, 2.24) is 9.55 Å². The largest absolute Gasteiger partial charge is 0.486 e. The van der Waals surface area contributed by atoms with Gasteiger partial charge in [0.1, 0.15) is 12.7 Å². The number of rotatable bonds is 3. The zero-order valence-corrected chi connectivity index (χ0v) is 10.9. The fourth-order valence-corrected chi connectivity index (χ4v) is 2.70. The summed E-state index contributed by atoms with van der Waals surface area (Å²) in [6, 6.07) is 7.77. The summed E-state index contributed by atoms with van der Waals surface area (Å²) in [6.45, 7) is 0.592. The summed E-state index contributed by atoms with van der Waals surface area (Å²) >= 11 is 1.68. The SMILES string of the molecule is Cn1ccnc1SCC1COc2ccccc2O1. The van der Waals surface area contributed by atoms with Crippen molar-refractivity contribution in [3.8, 4) is 11.5 Å². The van der Waals surface area contributed by atoms with Gasteiger partial charge in [-0.1, -0.05) is 23.9 Å². The molecule has 1 aliphatic heterocycles. The number of fused-ring (bicyclic) bond motifs is 1. The number of imidazole rings is 1. The number of aromatic nitrogens is 2. The molecule has 0 radical (unpaired) electrons. The van der Waals surface area contributed by atoms with Crippen molar-refractivity contribution < 1.29 is 9.47 Å². The van der Waals surface area contributed by atoms with E-state index in [2.05, 4.69) is 4.98 Å². The summed E-state index contributed by atoms with van der Waals surface area (Å²) in [4.78, 5) is 4.27. The lowest BCUT2D eigenvalue weighted by Gasteiger charge is -2.25. The molecule has 0 N–H and O–H groups in total.